The van der Waals surface area contributed by atoms with Gasteiger partial charge in [-0.05, 0) is 25.0 Å². The molecular weight excluding hydrogens is 148 g/mol. The van der Waals surface area contributed by atoms with Gasteiger partial charge in [-0.1, -0.05) is 13.0 Å². The Hall–Kier alpha value is -1.05. The van der Waals surface area contributed by atoms with Crippen LogP contribution in [0.4, 0.5) is 5.82 Å². The molecule has 0 aromatic carbocycles. The minimum atomic E-state index is 1.03. The zero-order chi connectivity index (χ0) is 8.39. The SMILES string of the molecule is CCc1cccc(N2CCC2)n1. The van der Waals surface area contributed by atoms with E-state index in [1.807, 2.05) is 0 Å². The Morgan fingerprint density at radius 3 is 2.83 bits per heavy atom. The number of hydrogen-bond donors (Lipinski definition) is 0. The molecule has 2 heteroatoms. The molecule has 0 N–H and O–H groups in total. The lowest BCUT2D eigenvalue weighted by atomic mass is 10.2. The number of rotatable bonds is 2. The van der Waals surface area contributed by atoms with Gasteiger partial charge in [0.25, 0.3) is 0 Å². The Morgan fingerprint density at radius 2 is 2.25 bits per heavy atom. The molecule has 2 nitrogen and oxygen atoms in total. The summed E-state index contributed by atoms with van der Waals surface area (Å²) >= 11 is 0. The van der Waals surface area contributed by atoms with E-state index in [0.717, 1.165) is 12.2 Å². The molecule has 0 spiro atoms. The zero-order valence-electron chi connectivity index (χ0n) is 7.45. The van der Waals surface area contributed by atoms with Crippen molar-refractivity contribution in [3.05, 3.63) is 23.9 Å². The van der Waals surface area contributed by atoms with Crippen molar-refractivity contribution in [1.29, 1.82) is 0 Å². The minimum Gasteiger partial charge on any atom is -0.356 e. The van der Waals surface area contributed by atoms with Crippen LogP contribution in [0.5, 0.6) is 0 Å². The van der Waals surface area contributed by atoms with Crippen molar-refractivity contribution in [3.63, 3.8) is 0 Å². The molecule has 1 aromatic heterocycles. The number of nitrogens with zero attached hydrogens (tertiary/aromatic N) is 2. The van der Waals surface area contributed by atoms with Crippen molar-refractivity contribution in [2.24, 2.45) is 0 Å². The molecule has 0 unspecified atom stereocenters. The topological polar surface area (TPSA) is 16.1 Å². The van der Waals surface area contributed by atoms with Crippen LogP contribution in [0.1, 0.15) is 19.0 Å². The molecule has 0 aliphatic carbocycles. The number of pyridine rings is 1. The summed E-state index contributed by atoms with van der Waals surface area (Å²) in [5.41, 5.74) is 1.19. The minimum absolute atomic E-state index is 1.03. The van der Waals surface area contributed by atoms with Gasteiger partial charge in [0.2, 0.25) is 0 Å². The van der Waals surface area contributed by atoms with Gasteiger partial charge >= 0.3 is 0 Å². The molecule has 1 aliphatic heterocycles. The van der Waals surface area contributed by atoms with Crippen LogP contribution in [0.15, 0.2) is 18.2 Å². The summed E-state index contributed by atoms with van der Waals surface area (Å²) in [7, 11) is 0. The van der Waals surface area contributed by atoms with Crippen molar-refractivity contribution < 1.29 is 0 Å². The van der Waals surface area contributed by atoms with E-state index in [1.165, 1.54) is 25.2 Å². The van der Waals surface area contributed by atoms with Crippen LogP contribution >= 0.6 is 0 Å². The van der Waals surface area contributed by atoms with Gasteiger partial charge in [-0.3, -0.25) is 0 Å². The highest BCUT2D eigenvalue weighted by molar-refractivity contribution is 5.41. The molecule has 1 fully saturated rings. The Labute approximate surface area is 73.2 Å². The van der Waals surface area contributed by atoms with Crippen LogP contribution in [0.25, 0.3) is 0 Å². The highest BCUT2D eigenvalue weighted by atomic mass is 15.2. The largest absolute Gasteiger partial charge is 0.356 e. The van der Waals surface area contributed by atoms with E-state index in [1.54, 1.807) is 0 Å². The lowest BCUT2D eigenvalue weighted by Crippen LogP contribution is -2.37. The lowest BCUT2D eigenvalue weighted by Gasteiger charge is -2.32. The van der Waals surface area contributed by atoms with Gasteiger partial charge in [-0.15, -0.1) is 0 Å². The van der Waals surface area contributed by atoms with Gasteiger partial charge in [0, 0.05) is 18.8 Å². The average molecular weight is 162 g/mol. The molecule has 1 aromatic rings. The maximum absolute atomic E-state index is 4.54. The normalized spacial score (nSPS) is 15.9. The smallest absolute Gasteiger partial charge is 0.128 e. The van der Waals surface area contributed by atoms with E-state index in [9.17, 15) is 0 Å². The molecule has 2 heterocycles. The molecule has 0 atom stereocenters. The third-order valence-electron chi connectivity index (χ3n) is 2.33. The number of aromatic nitrogens is 1. The monoisotopic (exact) mass is 162 g/mol. The molecule has 12 heavy (non-hydrogen) atoms. The predicted molar refractivity (Wildman–Crippen MR) is 50.4 cm³/mol. The quantitative estimate of drug-likeness (QED) is 0.659. The Kier molecular flexibility index (Phi) is 1.98. The number of aryl methyl sites for hydroxylation is 1. The highest BCUT2D eigenvalue weighted by Crippen LogP contribution is 2.17. The van der Waals surface area contributed by atoms with Crippen LogP contribution < -0.4 is 4.90 Å². The summed E-state index contributed by atoms with van der Waals surface area (Å²) in [6.45, 7) is 4.50. The molecule has 0 radical (unpaired) electrons. The van der Waals surface area contributed by atoms with Crippen molar-refractivity contribution in [2.45, 2.75) is 19.8 Å². The molecular formula is C10H14N2. The van der Waals surface area contributed by atoms with E-state index < -0.39 is 0 Å². The van der Waals surface area contributed by atoms with Gasteiger partial charge in [0.15, 0.2) is 0 Å². The highest BCUT2D eigenvalue weighted by Gasteiger charge is 2.14. The van der Waals surface area contributed by atoms with Crippen LogP contribution in [0.2, 0.25) is 0 Å². The summed E-state index contributed by atoms with van der Waals surface area (Å²) in [5.74, 6) is 1.15. The third kappa shape index (κ3) is 1.29. The van der Waals surface area contributed by atoms with E-state index in [0.29, 0.717) is 0 Å². The van der Waals surface area contributed by atoms with E-state index >= 15 is 0 Å². The lowest BCUT2D eigenvalue weighted by molar-refractivity contribution is 0.608. The number of anilines is 1. The van der Waals surface area contributed by atoms with Crippen molar-refractivity contribution >= 4 is 5.82 Å². The predicted octanol–water partition coefficient (Wildman–Crippen LogP) is 1.85. The fourth-order valence-corrected chi connectivity index (χ4v) is 1.39. The van der Waals surface area contributed by atoms with Gasteiger partial charge in [0.05, 0.1) is 0 Å². The Balaban J connectivity index is 2.19. The van der Waals surface area contributed by atoms with E-state index in [-0.39, 0.29) is 0 Å². The first-order chi connectivity index (χ1) is 5.90. The summed E-state index contributed by atoms with van der Waals surface area (Å²) in [5, 5.41) is 0. The maximum Gasteiger partial charge on any atom is 0.128 e. The molecule has 2 rings (SSSR count). The molecule has 1 saturated heterocycles. The summed E-state index contributed by atoms with van der Waals surface area (Å²) in [6.07, 6.45) is 2.35. The number of hydrogen-bond acceptors (Lipinski definition) is 2. The first-order valence-corrected chi connectivity index (χ1v) is 4.61. The van der Waals surface area contributed by atoms with Crippen LogP contribution in [0, 0.1) is 0 Å². The molecule has 1 aliphatic rings. The standard InChI is InChI=1S/C10H14N2/c1-2-9-5-3-6-10(11-9)12-7-4-8-12/h3,5-6H,2,4,7-8H2,1H3. The second-order valence-corrected chi connectivity index (χ2v) is 3.18. The zero-order valence-corrected chi connectivity index (χ0v) is 7.45. The summed E-state index contributed by atoms with van der Waals surface area (Å²) < 4.78 is 0. The van der Waals surface area contributed by atoms with Crippen molar-refractivity contribution in [1.82, 2.24) is 4.98 Å². The average Bonchev–Trinajstić information content (AvgIpc) is 2.02. The second kappa shape index (κ2) is 3.13. The second-order valence-electron chi connectivity index (χ2n) is 3.18. The molecule has 64 valence electrons. The molecule has 0 amide bonds. The Bertz CT molecular complexity index is 266. The van der Waals surface area contributed by atoms with Gasteiger partial charge in [-0.2, -0.15) is 0 Å². The molecule has 0 bridgehead atoms. The molecule has 0 saturated carbocycles. The first kappa shape index (κ1) is 7.59. The van der Waals surface area contributed by atoms with Crippen LogP contribution in [-0.2, 0) is 6.42 Å². The van der Waals surface area contributed by atoms with Gasteiger partial charge < -0.3 is 4.90 Å². The van der Waals surface area contributed by atoms with Crippen molar-refractivity contribution in [3.8, 4) is 0 Å². The Morgan fingerprint density at radius 1 is 1.42 bits per heavy atom. The van der Waals surface area contributed by atoms with Gasteiger partial charge in [-0.25, -0.2) is 4.98 Å². The van der Waals surface area contributed by atoms with Crippen molar-refractivity contribution in [2.75, 3.05) is 18.0 Å². The fraction of sp³-hybridized carbons (Fsp3) is 0.500. The van der Waals surface area contributed by atoms with Crippen LogP contribution in [-0.4, -0.2) is 18.1 Å². The fourth-order valence-electron chi connectivity index (χ4n) is 1.39. The van der Waals surface area contributed by atoms with Crippen LogP contribution in [0.3, 0.4) is 0 Å². The first-order valence-electron chi connectivity index (χ1n) is 4.61. The van der Waals surface area contributed by atoms with E-state index in [2.05, 4.69) is 35.0 Å². The van der Waals surface area contributed by atoms with E-state index in [4.69, 9.17) is 0 Å². The third-order valence-corrected chi connectivity index (χ3v) is 2.33. The maximum atomic E-state index is 4.54. The summed E-state index contributed by atoms with van der Waals surface area (Å²) in [6, 6.07) is 6.28. The van der Waals surface area contributed by atoms with Gasteiger partial charge in [0.1, 0.15) is 5.82 Å². The summed E-state index contributed by atoms with van der Waals surface area (Å²) in [4.78, 5) is 6.86.